The summed E-state index contributed by atoms with van der Waals surface area (Å²) in [7, 11) is -1.58. The number of nitrogens with one attached hydrogen (secondary N) is 2. The standard InChI is InChI=1S/C10H22N2O3S/c1-9(15-2)6-12-16(13,14)8-10-4-3-5-11-7-10/h9-12H,3-8H2,1-2H3. The second-order valence-electron chi connectivity index (χ2n) is 4.39. The fraction of sp³-hybridized carbons (Fsp3) is 1.00. The van der Waals surface area contributed by atoms with Crippen LogP contribution in [0.4, 0.5) is 0 Å². The van der Waals surface area contributed by atoms with E-state index in [1.54, 1.807) is 7.11 Å². The van der Waals surface area contributed by atoms with Gasteiger partial charge >= 0.3 is 0 Å². The molecule has 0 aromatic heterocycles. The van der Waals surface area contributed by atoms with Crippen LogP contribution in [-0.2, 0) is 14.8 Å². The van der Waals surface area contributed by atoms with Gasteiger partial charge in [0.1, 0.15) is 0 Å². The van der Waals surface area contributed by atoms with E-state index >= 15 is 0 Å². The normalized spacial score (nSPS) is 24.2. The fourth-order valence-electron chi connectivity index (χ4n) is 1.76. The molecule has 0 saturated carbocycles. The molecule has 1 fully saturated rings. The zero-order valence-electron chi connectivity index (χ0n) is 10.0. The molecule has 6 heteroatoms. The predicted molar refractivity (Wildman–Crippen MR) is 63.9 cm³/mol. The molecule has 1 aliphatic rings. The summed E-state index contributed by atoms with van der Waals surface area (Å²) in [5, 5.41) is 3.22. The van der Waals surface area contributed by atoms with Crippen LogP contribution in [0.1, 0.15) is 19.8 Å². The SMILES string of the molecule is COC(C)CNS(=O)(=O)CC1CCCNC1. The summed E-state index contributed by atoms with van der Waals surface area (Å²) in [5.74, 6) is 0.459. The van der Waals surface area contributed by atoms with Crippen molar-refractivity contribution in [2.75, 3.05) is 32.5 Å². The minimum absolute atomic E-state index is 0.0840. The average molecular weight is 250 g/mol. The van der Waals surface area contributed by atoms with E-state index in [2.05, 4.69) is 10.0 Å². The van der Waals surface area contributed by atoms with Gasteiger partial charge in [0.05, 0.1) is 11.9 Å². The van der Waals surface area contributed by atoms with Gasteiger partial charge in [-0.05, 0) is 38.8 Å². The summed E-state index contributed by atoms with van der Waals surface area (Å²) >= 11 is 0. The molecule has 5 nitrogen and oxygen atoms in total. The summed E-state index contributed by atoms with van der Waals surface area (Å²) in [5.41, 5.74) is 0. The van der Waals surface area contributed by atoms with E-state index in [9.17, 15) is 8.42 Å². The highest BCUT2D eigenvalue weighted by atomic mass is 32.2. The van der Waals surface area contributed by atoms with E-state index in [4.69, 9.17) is 4.74 Å². The lowest BCUT2D eigenvalue weighted by molar-refractivity contribution is 0.122. The average Bonchev–Trinajstić information content (AvgIpc) is 2.27. The lowest BCUT2D eigenvalue weighted by Crippen LogP contribution is -2.39. The highest BCUT2D eigenvalue weighted by molar-refractivity contribution is 7.89. The highest BCUT2D eigenvalue weighted by Gasteiger charge is 2.21. The first kappa shape index (κ1) is 13.9. The van der Waals surface area contributed by atoms with Crippen molar-refractivity contribution in [3.05, 3.63) is 0 Å². The Morgan fingerprint density at radius 3 is 2.88 bits per heavy atom. The van der Waals surface area contributed by atoms with E-state index in [0.29, 0.717) is 6.54 Å². The molecule has 2 atom stereocenters. The van der Waals surface area contributed by atoms with E-state index in [0.717, 1.165) is 25.9 Å². The van der Waals surface area contributed by atoms with Crippen molar-refractivity contribution in [2.45, 2.75) is 25.9 Å². The van der Waals surface area contributed by atoms with Crippen LogP contribution in [-0.4, -0.2) is 47.0 Å². The second kappa shape index (κ2) is 6.54. The smallest absolute Gasteiger partial charge is 0.212 e. The summed E-state index contributed by atoms with van der Waals surface area (Å²) in [6.07, 6.45) is 1.97. The Morgan fingerprint density at radius 1 is 1.56 bits per heavy atom. The summed E-state index contributed by atoms with van der Waals surface area (Å²) in [4.78, 5) is 0. The number of hydrogen-bond acceptors (Lipinski definition) is 4. The van der Waals surface area contributed by atoms with E-state index in [1.165, 1.54) is 0 Å². The van der Waals surface area contributed by atoms with Crippen molar-refractivity contribution in [2.24, 2.45) is 5.92 Å². The molecule has 0 amide bonds. The molecule has 0 bridgehead atoms. The van der Waals surface area contributed by atoms with Crippen LogP contribution >= 0.6 is 0 Å². The Kier molecular flexibility index (Phi) is 5.68. The Hall–Kier alpha value is -0.170. The predicted octanol–water partition coefficient (Wildman–Crippen LogP) is -0.0597. The molecule has 1 rings (SSSR count). The van der Waals surface area contributed by atoms with E-state index < -0.39 is 10.0 Å². The van der Waals surface area contributed by atoms with Gasteiger partial charge in [0.15, 0.2) is 0 Å². The molecule has 0 aromatic carbocycles. The van der Waals surface area contributed by atoms with Gasteiger partial charge in [0, 0.05) is 13.7 Å². The topological polar surface area (TPSA) is 67.4 Å². The molecular formula is C10H22N2O3S. The minimum Gasteiger partial charge on any atom is -0.380 e. The molecule has 0 aromatic rings. The van der Waals surface area contributed by atoms with Crippen molar-refractivity contribution < 1.29 is 13.2 Å². The van der Waals surface area contributed by atoms with E-state index in [-0.39, 0.29) is 17.8 Å². The van der Waals surface area contributed by atoms with E-state index in [1.807, 2.05) is 6.92 Å². The highest BCUT2D eigenvalue weighted by Crippen LogP contribution is 2.11. The molecule has 16 heavy (non-hydrogen) atoms. The molecule has 0 spiro atoms. The molecule has 1 aliphatic heterocycles. The van der Waals surface area contributed by atoms with Gasteiger partial charge in [0.2, 0.25) is 10.0 Å². The minimum atomic E-state index is -3.16. The largest absolute Gasteiger partial charge is 0.380 e. The Morgan fingerprint density at radius 2 is 2.31 bits per heavy atom. The molecule has 1 heterocycles. The zero-order chi connectivity index (χ0) is 12.0. The summed E-state index contributed by atoms with van der Waals surface area (Å²) in [6.45, 7) is 4.00. The molecular weight excluding hydrogens is 228 g/mol. The van der Waals surface area contributed by atoms with Crippen molar-refractivity contribution in [1.29, 1.82) is 0 Å². The Bertz CT molecular complexity index is 286. The quantitative estimate of drug-likeness (QED) is 0.693. The summed E-state index contributed by atoms with van der Waals surface area (Å²) < 4.78 is 31.0. The molecule has 0 radical (unpaired) electrons. The Balaban J connectivity index is 2.32. The van der Waals surface area contributed by atoms with Gasteiger partial charge in [-0.1, -0.05) is 0 Å². The van der Waals surface area contributed by atoms with Crippen LogP contribution in [0.5, 0.6) is 0 Å². The lowest BCUT2D eigenvalue weighted by Gasteiger charge is -2.22. The van der Waals surface area contributed by atoms with Gasteiger partial charge in [-0.3, -0.25) is 0 Å². The van der Waals surface area contributed by atoms with Gasteiger partial charge in [-0.25, -0.2) is 13.1 Å². The van der Waals surface area contributed by atoms with Crippen molar-refractivity contribution in [3.63, 3.8) is 0 Å². The third kappa shape index (κ3) is 5.25. The first-order chi connectivity index (χ1) is 7.53. The Labute approximate surface area is 98.0 Å². The number of methoxy groups -OCH3 is 1. The van der Waals surface area contributed by atoms with Crippen molar-refractivity contribution >= 4 is 10.0 Å². The monoisotopic (exact) mass is 250 g/mol. The maximum absolute atomic E-state index is 11.7. The van der Waals surface area contributed by atoms with Crippen molar-refractivity contribution in [3.8, 4) is 0 Å². The first-order valence-electron chi connectivity index (χ1n) is 5.74. The maximum atomic E-state index is 11.7. The first-order valence-corrected chi connectivity index (χ1v) is 7.39. The van der Waals surface area contributed by atoms with Crippen LogP contribution in [0.2, 0.25) is 0 Å². The molecule has 2 unspecified atom stereocenters. The molecule has 2 N–H and O–H groups in total. The van der Waals surface area contributed by atoms with Gasteiger partial charge in [-0.2, -0.15) is 0 Å². The molecule has 0 aliphatic carbocycles. The van der Waals surface area contributed by atoms with Gasteiger partial charge < -0.3 is 10.1 Å². The number of piperidine rings is 1. The number of rotatable bonds is 6. The van der Waals surface area contributed by atoms with Crippen molar-refractivity contribution in [1.82, 2.24) is 10.0 Å². The maximum Gasteiger partial charge on any atom is 0.212 e. The van der Waals surface area contributed by atoms with Crippen LogP contribution in [0.3, 0.4) is 0 Å². The van der Waals surface area contributed by atoms with Crippen LogP contribution in [0.25, 0.3) is 0 Å². The molecule has 96 valence electrons. The third-order valence-electron chi connectivity index (χ3n) is 2.85. The lowest BCUT2D eigenvalue weighted by atomic mass is 10.0. The molecule has 1 saturated heterocycles. The van der Waals surface area contributed by atoms with Gasteiger partial charge in [0.25, 0.3) is 0 Å². The van der Waals surface area contributed by atoms with Crippen LogP contribution < -0.4 is 10.0 Å². The number of hydrogen-bond donors (Lipinski definition) is 2. The van der Waals surface area contributed by atoms with Gasteiger partial charge in [-0.15, -0.1) is 0 Å². The fourth-order valence-corrected chi connectivity index (χ4v) is 3.27. The number of ether oxygens (including phenoxy) is 1. The third-order valence-corrected chi connectivity index (χ3v) is 4.36. The zero-order valence-corrected chi connectivity index (χ0v) is 10.8. The second-order valence-corrected chi connectivity index (χ2v) is 6.24. The van der Waals surface area contributed by atoms with Crippen LogP contribution in [0, 0.1) is 5.92 Å². The summed E-state index contributed by atoms with van der Waals surface area (Å²) in [6, 6.07) is 0. The van der Waals surface area contributed by atoms with Crippen LogP contribution in [0.15, 0.2) is 0 Å². The number of sulfonamides is 1.